The summed E-state index contributed by atoms with van der Waals surface area (Å²) in [5.41, 5.74) is 2.58. The SMILES string of the molecule is Cc1ccc(-n2c(SCC(=O)Nc3c(Cl)cccc3Cl)nnc2N2CCCC2)cc1. The van der Waals surface area contributed by atoms with Crippen molar-refractivity contribution in [1.82, 2.24) is 14.8 Å². The van der Waals surface area contributed by atoms with E-state index in [4.69, 9.17) is 23.2 Å². The molecule has 0 spiro atoms. The summed E-state index contributed by atoms with van der Waals surface area (Å²) in [4.78, 5) is 14.8. The van der Waals surface area contributed by atoms with Crippen LogP contribution in [-0.4, -0.2) is 39.5 Å². The average molecular weight is 462 g/mol. The van der Waals surface area contributed by atoms with Crippen molar-refractivity contribution in [2.45, 2.75) is 24.9 Å². The minimum Gasteiger partial charge on any atom is -0.341 e. The Kier molecular flexibility index (Phi) is 6.51. The fraction of sp³-hybridized carbons (Fsp3) is 0.286. The molecule has 1 aromatic heterocycles. The smallest absolute Gasteiger partial charge is 0.234 e. The first-order valence-corrected chi connectivity index (χ1v) is 11.4. The molecule has 1 saturated heterocycles. The number of para-hydroxylation sites is 1. The van der Waals surface area contributed by atoms with Crippen molar-refractivity contribution >= 4 is 52.5 Å². The van der Waals surface area contributed by atoms with E-state index >= 15 is 0 Å². The number of hydrogen-bond donors (Lipinski definition) is 1. The lowest BCUT2D eigenvalue weighted by Gasteiger charge is -2.18. The molecule has 4 rings (SSSR count). The number of aryl methyl sites for hydroxylation is 1. The lowest BCUT2D eigenvalue weighted by Crippen LogP contribution is -2.22. The molecule has 9 heteroatoms. The van der Waals surface area contributed by atoms with Crippen molar-refractivity contribution in [3.8, 4) is 5.69 Å². The number of carbonyl (C=O) groups is 1. The Bertz CT molecular complexity index is 1030. The van der Waals surface area contributed by atoms with Gasteiger partial charge in [0.1, 0.15) is 0 Å². The molecule has 2 aromatic carbocycles. The van der Waals surface area contributed by atoms with Crippen molar-refractivity contribution < 1.29 is 4.79 Å². The quantitative estimate of drug-likeness (QED) is 0.510. The molecule has 0 saturated carbocycles. The lowest BCUT2D eigenvalue weighted by molar-refractivity contribution is -0.113. The number of halogens is 2. The van der Waals surface area contributed by atoms with E-state index in [1.54, 1.807) is 18.2 Å². The van der Waals surface area contributed by atoms with Crippen LogP contribution in [0.25, 0.3) is 5.69 Å². The topological polar surface area (TPSA) is 63.1 Å². The predicted octanol–water partition coefficient (Wildman–Crippen LogP) is 5.21. The van der Waals surface area contributed by atoms with Gasteiger partial charge in [-0.3, -0.25) is 9.36 Å². The van der Waals surface area contributed by atoms with Gasteiger partial charge in [0.15, 0.2) is 5.16 Å². The van der Waals surface area contributed by atoms with Gasteiger partial charge in [-0.1, -0.05) is 58.7 Å². The average Bonchev–Trinajstić information content (AvgIpc) is 3.39. The molecule has 0 radical (unpaired) electrons. The van der Waals surface area contributed by atoms with Crippen LogP contribution in [0.3, 0.4) is 0 Å². The highest BCUT2D eigenvalue weighted by Gasteiger charge is 2.23. The van der Waals surface area contributed by atoms with Crippen LogP contribution in [0.2, 0.25) is 10.0 Å². The molecule has 1 aliphatic heterocycles. The van der Waals surface area contributed by atoms with Crippen LogP contribution in [0.4, 0.5) is 11.6 Å². The summed E-state index contributed by atoms with van der Waals surface area (Å²) in [5.74, 6) is 0.760. The number of nitrogens with one attached hydrogen (secondary N) is 1. The van der Waals surface area contributed by atoms with Crippen LogP contribution in [0.5, 0.6) is 0 Å². The Balaban J connectivity index is 1.55. The van der Waals surface area contributed by atoms with Gasteiger partial charge in [0.2, 0.25) is 11.9 Å². The molecule has 156 valence electrons. The van der Waals surface area contributed by atoms with E-state index in [0.29, 0.717) is 20.9 Å². The van der Waals surface area contributed by atoms with Gasteiger partial charge in [0.25, 0.3) is 0 Å². The van der Waals surface area contributed by atoms with Crippen LogP contribution >= 0.6 is 35.0 Å². The molecule has 1 fully saturated rings. The highest BCUT2D eigenvalue weighted by molar-refractivity contribution is 7.99. The number of nitrogens with zero attached hydrogens (tertiary/aromatic N) is 4. The van der Waals surface area contributed by atoms with Crippen LogP contribution in [-0.2, 0) is 4.79 Å². The number of rotatable bonds is 6. The molecular formula is C21H21Cl2N5OS. The number of hydrogen-bond acceptors (Lipinski definition) is 5. The Labute approximate surface area is 189 Å². The van der Waals surface area contributed by atoms with E-state index in [-0.39, 0.29) is 11.7 Å². The van der Waals surface area contributed by atoms with Crippen LogP contribution in [0.15, 0.2) is 47.6 Å². The molecule has 0 atom stereocenters. The molecular weight excluding hydrogens is 441 g/mol. The zero-order valence-corrected chi connectivity index (χ0v) is 18.8. The largest absolute Gasteiger partial charge is 0.341 e. The van der Waals surface area contributed by atoms with Crippen molar-refractivity contribution in [1.29, 1.82) is 0 Å². The van der Waals surface area contributed by atoms with Crippen LogP contribution in [0, 0.1) is 6.92 Å². The van der Waals surface area contributed by atoms with E-state index in [2.05, 4.69) is 39.5 Å². The first-order chi connectivity index (χ1) is 14.5. The van der Waals surface area contributed by atoms with Gasteiger partial charge in [-0.15, -0.1) is 10.2 Å². The van der Waals surface area contributed by atoms with E-state index < -0.39 is 0 Å². The Morgan fingerprint density at radius 2 is 1.73 bits per heavy atom. The summed E-state index contributed by atoms with van der Waals surface area (Å²) < 4.78 is 2.02. The van der Waals surface area contributed by atoms with Crippen molar-refractivity contribution in [2.24, 2.45) is 0 Å². The number of carbonyl (C=O) groups excluding carboxylic acids is 1. The molecule has 1 aliphatic rings. The third-order valence-corrected chi connectivity index (χ3v) is 6.42. The number of benzene rings is 2. The fourth-order valence-corrected chi connectivity index (χ4v) is 4.56. The third-order valence-electron chi connectivity index (χ3n) is 4.86. The second-order valence-corrected chi connectivity index (χ2v) is 8.84. The summed E-state index contributed by atoms with van der Waals surface area (Å²) in [7, 11) is 0. The van der Waals surface area contributed by atoms with Gasteiger partial charge in [-0.25, -0.2) is 0 Å². The highest BCUT2D eigenvalue weighted by atomic mass is 35.5. The maximum atomic E-state index is 12.5. The second-order valence-electron chi connectivity index (χ2n) is 7.08. The Morgan fingerprint density at radius 1 is 1.07 bits per heavy atom. The third kappa shape index (κ3) is 4.58. The number of aromatic nitrogens is 3. The highest BCUT2D eigenvalue weighted by Crippen LogP contribution is 2.31. The summed E-state index contributed by atoms with van der Waals surface area (Å²) in [5, 5.41) is 13.1. The monoisotopic (exact) mass is 461 g/mol. The van der Waals surface area contributed by atoms with E-state index in [9.17, 15) is 4.79 Å². The van der Waals surface area contributed by atoms with Crippen LogP contribution in [0.1, 0.15) is 18.4 Å². The standard InChI is InChI=1S/C21H21Cl2N5OS/c1-14-7-9-15(10-8-14)28-20(27-11-2-3-12-27)25-26-21(28)30-13-18(29)24-19-16(22)5-4-6-17(19)23/h4-10H,2-3,11-13H2,1H3,(H,24,29). The summed E-state index contributed by atoms with van der Waals surface area (Å²) in [6.07, 6.45) is 2.29. The molecule has 2 heterocycles. The zero-order valence-electron chi connectivity index (χ0n) is 16.4. The molecule has 1 N–H and O–H groups in total. The fourth-order valence-electron chi connectivity index (χ4n) is 3.32. The molecule has 3 aromatic rings. The molecule has 30 heavy (non-hydrogen) atoms. The van der Waals surface area contributed by atoms with E-state index in [1.165, 1.54) is 17.3 Å². The van der Waals surface area contributed by atoms with Gasteiger partial charge in [-0.2, -0.15) is 0 Å². The van der Waals surface area contributed by atoms with Crippen molar-refractivity contribution in [3.63, 3.8) is 0 Å². The first kappa shape index (κ1) is 21.0. The molecule has 0 unspecified atom stereocenters. The predicted molar refractivity (Wildman–Crippen MR) is 123 cm³/mol. The van der Waals surface area contributed by atoms with Crippen molar-refractivity contribution in [3.05, 3.63) is 58.1 Å². The number of amides is 1. The Morgan fingerprint density at radius 3 is 2.40 bits per heavy atom. The number of thioether (sulfide) groups is 1. The lowest BCUT2D eigenvalue weighted by atomic mass is 10.2. The van der Waals surface area contributed by atoms with Gasteiger partial charge >= 0.3 is 0 Å². The number of anilines is 2. The van der Waals surface area contributed by atoms with Crippen molar-refractivity contribution in [2.75, 3.05) is 29.1 Å². The first-order valence-electron chi connectivity index (χ1n) is 9.67. The summed E-state index contributed by atoms with van der Waals surface area (Å²) >= 11 is 13.6. The summed E-state index contributed by atoms with van der Waals surface area (Å²) in [6.45, 7) is 3.97. The zero-order chi connectivity index (χ0) is 21.1. The molecule has 1 amide bonds. The molecule has 6 nitrogen and oxygen atoms in total. The second kappa shape index (κ2) is 9.29. The normalized spacial score (nSPS) is 13.6. The van der Waals surface area contributed by atoms with Gasteiger partial charge < -0.3 is 10.2 Å². The van der Waals surface area contributed by atoms with Crippen LogP contribution < -0.4 is 10.2 Å². The maximum Gasteiger partial charge on any atom is 0.234 e. The minimum absolute atomic E-state index is 0.158. The molecule has 0 bridgehead atoms. The Hall–Kier alpha value is -2.22. The van der Waals surface area contributed by atoms with Gasteiger partial charge in [0.05, 0.1) is 27.2 Å². The van der Waals surface area contributed by atoms with Gasteiger partial charge in [-0.05, 0) is 44.0 Å². The van der Waals surface area contributed by atoms with E-state index in [1.807, 2.05) is 16.7 Å². The van der Waals surface area contributed by atoms with Gasteiger partial charge in [0, 0.05) is 13.1 Å². The minimum atomic E-state index is -0.212. The summed E-state index contributed by atoms with van der Waals surface area (Å²) in [6, 6.07) is 13.3. The maximum absolute atomic E-state index is 12.5. The van der Waals surface area contributed by atoms with E-state index in [0.717, 1.165) is 37.6 Å². The molecule has 0 aliphatic carbocycles.